The number of aryl methyl sites for hydroxylation is 1. The van der Waals surface area contributed by atoms with Crippen molar-refractivity contribution in [2.45, 2.75) is 13.3 Å². The summed E-state index contributed by atoms with van der Waals surface area (Å²) in [5, 5.41) is 19.9. The van der Waals surface area contributed by atoms with Crippen molar-refractivity contribution in [2.24, 2.45) is 5.92 Å². The Labute approximate surface area is 114 Å². The fourth-order valence-corrected chi connectivity index (χ4v) is 2.45. The Hall–Kier alpha value is -1.66. The standard InChI is InChI=1S/C12H13ClN2O4/c1-7-2-11(15(18)19)9(13)4-10(7)14-5-8(6-16)3-12(14)17/h2,4,8,16H,3,5-6H2,1H3. The van der Waals surface area contributed by atoms with Crippen LogP contribution in [0.1, 0.15) is 12.0 Å². The number of aliphatic hydroxyl groups excluding tert-OH is 1. The first-order chi connectivity index (χ1) is 8.93. The highest BCUT2D eigenvalue weighted by Gasteiger charge is 2.31. The Morgan fingerprint density at radius 2 is 2.26 bits per heavy atom. The third-order valence-electron chi connectivity index (χ3n) is 3.22. The summed E-state index contributed by atoms with van der Waals surface area (Å²) in [6.07, 6.45) is 0.282. The van der Waals surface area contributed by atoms with Crippen LogP contribution in [0.5, 0.6) is 0 Å². The highest BCUT2D eigenvalue weighted by Crippen LogP contribution is 2.35. The Morgan fingerprint density at radius 1 is 1.58 bits per heavy atom. The third kappa shape index (κ3) is 2.54. The van der Waals surface area contributed by atoms with Crippen molar-refractivity contribution in [3.05, 3.63) is 32.8 Å². The van der Waals surface area contributed by atoms with Gasteiger partial charge in [0.2, 0.25) is 5.91 Å². The second-order valence-corrected chi connectivity index (χ2v) is 5.01. The first kappa shape index (κ1) is 13.8. The van der Waals surface area contributed by atoms with Crippen LogP contribution in [-0.4, -0.2) is 29.1 Å². The fourth-order valence-electron chi connectivity index (χ4n) is 2.22. The van der Waals surface area contributed by atoms with Crippen molar-refractivity contribution in [3.8, 4) is 0 Å². The number of amides is 1. The van der Waals surface area contributed by atoms with E-state index >= 15 is 0 Å². The molecule has 0 aromatic heterocycles. The normalized spacial score (nSPS) is 19.0. The average molecular weight is 285 g/mol. The molecule has 0 radical (unpaired) electrons. The van der Waals surface area contributed by atoms with Gasteiger partial charge in [-0.05, 0) is 18.6 Å². The number of carbonyl (C=O) groups excluding carboxylic acids is 1. The zero-order chi connectivity index (χ0) is 14.2. The Morgan fingerprint density at radius 3 is 2.79 bits per heavy atom. The molecule has 102 valence electrons. The van der Waals surface area contributed by atoms with Gasteiger partial charge in [-0.2, -0.15) is 0 Å². The minimum Gasteiger partial charge on any atom is -0.396 e. The second kappa shape index (κ2) is 5.14. The fraction of sp³-hybridized carbons (Fsp3) is 0.417. The Balaban J connectivity index is 2.39. The molecule has 0 saturated carbocycles. The molecule has 7 heteroatoms. The van der Waals surface area contributed by atoms with Crippen molar-refractivity contribution in [3.63, 3.8) is 0 Å². The Bertz CT molecular complexity index is 547. The lowest BCUT2D eigenvalue weighted by Gasteiger charge is -2.19. The van der Waals surface area contributed by atoms with E-state index in [1.54, 1.807) is 6.92 Å². The molecule has 1 aromatic rings. The summed E-state index contributed by atoms with van der Waals surface area (Å²) in [5.74, 6) is -0.201. The maximum absolute atomic E-state index is 11.9. The molecule has 1 heterocycles. The molecule has 1 atom stereocenters. The van der Waals surface area contributed by atoms with Gasteiger partial charge in [0, 0.05) is 37.2 Å². The zero-order valence-electron chi connectivity index (χ0n) is 10.3. The summed E-state index contributed by atoms with van der Waals surface area (Å²) in [7, 11) is 0. The van der Waals surface area contributed by atoms with Crippen LogP contribution in [0.3, 0.4) is 0 Å². The van der Waals surface area contributed by atoms with E-state index in [0.717, 1.165) is 0 Å². The molecule has 1 saturated heterocycles. The maximum atomic E-state index is 11.9. The molecular weight excluding hydrogens is 272 g/mol. The van der Waals surface area contributed by atoms with Gasteiger partial charge in [-0.15, -0.1) is 0 Å². The summed E-state index contributed by atoms with van der Waals surface area (Å²) in [4.78, 5) is 23.6. The van der Waals surface area contributed by atoms with Crippen molar-refractivity contribution in [2.75, 3.05) is 18.1 Å². The molecule has 0 spiro atoms. The van der Waals surface area contributed by atoms with E-state index in [1.165, 1.54) is 17.0 Å². The number of aliphatic hydroxyl groups is 1. The van der Waals surface area contributed by atoms with Crippen LogP contribution in [0.2, 0.25) is 5.02 Å². The minimum atomic E-state index is -0.554. The number of hydrogen-bond acceptors (Lipinski definition) is 4. The highest BCUT2D eigenvalue weighted by molar-refractivity contribution is 6.33. The number of anilines is 1. The van der Waals surface area contributed by atoms with E-state index in [0.29, 0.717) is 17.8 Å². The first-order valence-electron chi connectivity index (χ1n) is 5.79. The number of halogens is 1. The lowest BCUT2D eigenvalue weighted by molar-refractivity contribution is -0.384. The van der Waals surface area contributed by atoms with E-state index in [-0.39, 0.29) is 35.6 Å². The van der Waals surface area contributed by atoms with Gasteiger partial charge in [0.05, 0.1) is 4.92 Å². The predicted octanol–water partition coefficient (Wildman–Crippen LogP) is 1.90. The maximum Gasteiger partial charge on any atom is 0.288 e. The van der Waals surface area contributed by atoms with Gasteiger partial charge in [0.15, 0.2) is 0 Å². The summed E-state index contributed by atoms with van der Waals surface area (Å²) in [6, 6.07) is 2.80. The molecule has 1 N–H and O–H groups in total. The van der Waals surface area contributed by atoms with Gasteiger partial charge in [-0.3, -0.25) is 14.9 Å². The van der Waals surface area contributed by atoms with Crippen molar-refractivity contribution in [1.29, 1.82) is 0 Å². The van der Waals surface area contributed by atoms with E-state index in [1.807, 2.05) is 0 Å². The van der Waals surface area contributed by atoms with Gasteiger partial charge in [-0.25, -0.2) is 0 Å². The summed E-state index contributed by atoms with van der Waals surface area (Å²) in [5.41, 5.74) is 1.01. The lowest BCUT2D eigenvalue weighted by atomic mass is 10.1. The number of nitrogens with zero attached hydrogens (tertiary/aromatic N) is 2. The van der Waals surface area contributed by atoms with Crippen LogP contribution < -0.4 is 4.90 Å². The number of nitro benzene ring substituents is 1. The van der Waals surface area contributed by atoms with E-state index in [2.05, 4.69) is 0 Å². The molecule has 1 aromatic carbocycles. The quantitative estimate of drug-likeness (QED) is 0.679. The number of benzene rings is 1. The van der Waals surface area contributed by atoms with Crippen molar-refractivity contribution in [1.82, 2.24) is 0 Å². The largest absolute Gasteiger partial charge is 0.396 e. The Kier molecular flexibility index (Phi) is 3.73. The third-order valence-corrected chi connectivity index (χ3v) is 3.52. The van der Waals surface area contributed by atoms with E-state index < -0.39 is 4.92 Å². The average Bonchev–Trinajstić information content (AvgIpc) is 2.72. The first-order valence-corrected chi connectivity index (χ1v) is 6.17. The minimum absolute atomic E-state index is 0.00542. The van der Waals surface area contributed by atoms with E-state index in [9.17, 15) is 14.9 Å². The van der Waals surface area contributed by atoms with Gasteiger partial charge in [0.1, 0.15) is 5.02 Å². The summed E-state index contributed by atoms with van der Waals surface area (Å²) < 4.78 is 0. The SMILES string of the molecule is Cc1cc([N+](=O)[O-])c(Cl)cc1N1CC(CO)CC1=O. The molecule has 1 amide bonds. The van der Waals surface area contributed by atoms with Gasteiger partial charge in [-0.1, -0.05) is 11.6 Å². The van der Waals surface area contributed by atoms with Crippen LogP contribution in [0.15, 0.2) is 12.1 Å². The van der Waals surface area contributed by atoms with Crippen LogP contribution in [0.25, 0.3) is 0 Å². The molecule has 1 unspecified atom stereocenters. The van der Waals surface area contributed by atoms with Crippen molar-refractivity contribution < 1.29 is 14.8 Å². The zero-order valence-corrected chi connectivity index (χ0v) is 11.1. The summed E-state index contributed by atoms with van der Waals surface area (Å²) in [6.45, 7) is 2.05. The van der Waals surface area contributed by atoms with Crippen molar-refractivity contribution >= 4 is 28.9 Å². The lowest BCUT2D eigenvalue weighted by Crippen LogP contribution is -2.25. The molecular formula is C12H13ClN2O4. The molecule has 1 aliphatic heterocycles. The van der Waals surface area contributed by atoms with Crippen LogP contribution in [-0.2, 0) is 4.79 Å². The summed E-state index contributed by atoms with van der Waals surface area (Å²) >= 11 is 5.86. The predicted molar refractivity (Wildman–Crippen MR) is 70.4 cm³/mol. The smallest absolute Gasteiger partial charge is 0.288 e. The second-order valence-electron chi connectivity index (χ2n) is 4.60. The van der Waals surface area contributed by atoms with E-state index in [4.69, 9.17) is 16.7 Å². The number of nitro groups is 1. The molecule has 19 heavy (non-hydrogen) atoms. The molecule has 0 aliphatic carbocycles. The van der Waals surface area contributed by atoms with Gasteiger partial charge >= 0.3 is 0 Å². The number of carbonyl (C=O) groups is 1. The van der Waals surface area contributed by atoms with Crippen LogP contribution >= 0.6 is 11.6 Å². The van der Waals surface area contributed by atoms with Crippen LogP contribution in [0.4, 0.5) is 11.4 Å². The van der Waals surface area contributed by atoms with Gasteiger partial charge < -0.3 is 10.0 Å². The molecule has 6 nitrogen and oxygen atoms in total. The molecule has 2 rings (SSSR count). The molecule has 1 fully saturated rings. The number of rotatable bonds is 3. The van der Waals surface area contributed by atoms with Gasteiger partial charge in [0.25, 0.3) is 5.69 Å². The topological polar surface area (TPSA) is 83.7 Å². The molecule has 0 bridgehead atoms. The van der Waals surface area contributed by atoms with Crippen LogP contribution in [0, 0.1) is 23.0 Å². The molecule has 1 aliphatic rings. The monoisotopic (exact) mass is 284 g/mol. The highest BCUT2D eigenvalue weighted by atomic mass is 35.5. The number of hydrogen-bond donors (Lipinski definition) is 1.